The lowest BCUT2D eigenvalue weighted by atomic mass is 10.1. The maximum absolute atomic E-state index is 5.76. The Morgan fingerprint density at radius 3 is 2.40 bits per heavy atom. The minimum atomic E-state index is 0.464. The summed E-state index contributed by atoms with van der Waals surface area (Å²) in [6, 6.07) is 11.8. The SMILES string of the molecule is CCOCCCNc1ccc(-c2nnc(-c3ccc(C)cc3)o2)cn1. The highest BCUT2D eigenvalue weighted by molar-refractivity contribution is 5.58. The van der Waals surface area contributed by atoms with Gasteiger partial charge in [-0.25, -0.2) is 4.98 Å². The minimum Gasteiger partial charge on any atom is -0.416 e. The third-order valence-corrected chi connectivity index (χ3v) is 3.71. The molecule has 0 fully saturated rings. The van der Waals surface area contributed by atoms with Crippen LogP contribution >= 0.6 is 0 Å². The Balaban J connectivity index is 1.62. The van der Waals surface area contributed by atoms with E-state index in [9.17, 15) is 0 Å². The van der Waals surface area contributed by atoms with Crippen molar-refractivity contribution in [1.29, 1.82) is 0 Å². The molecule has 3 rings (SSSR count). The van der Waals surface area contributed by atoms with Gasteiger partial charge in [-0.05, 0) is 44.5 Å². The molecule has 2 heterocycles. The number of anilines is 1. The summed E-state index contributed by atoms with van der Waals surface area (Å²) < 4.78 is 11.1. The van der Waals surface area contributed by atoms with E-state index in [1.165, 1.54) is 5.56 Å². The van der Waals surface area contributed by atoms with Crippen LogP contribution in [0.1, 0.15) is 18.9 Å². The molecule has 0 atom stereocenters. The molecule has 0 amide bonds. The molecule has 1 N–H and O–H groups in total. The van der Waals surface area contributed by atoms with E-state index in [1.54, 1.807) is 6.20 Å². The largest absolute Gasteiger partial charge is 0.416 e. The second-order valence-electron chi connectivity index (χ2n) is 5.69. The summed E-state index contributed by atoms with van der Waals surface area (Å²) in [7, 11) is 0. The predicted molar refractivity (Wildman–Crippen MR) is 97.3 cm³/mol. The van der Waals surface area contributed by atoms with Crippen molar-refractivity contribution in [3.8, 4) is 22.9 Å². The first-order valence-corrected chi connectivity index (χ1v) is 8.45. The Morgan fingerprint density at radius 1 is 1.00 bits per heavy atom. The Hall–Kier alpha value is -2.73. The molecule has 0 aliphatic rings. The lowest BCUT2D eigenvalue weighted by molar-refractivity contribution is 0.147. The van der Waals surface area contributed by atoms with Gasteiger partial charge in [0.1, 0.15) is 5.82 Å². The van der Waals surface area contributed by atoms with Gasteiger partial charge in [-0.1, -0.05) is 17.7 Å². The van der Waals surface area contributed by atoms with Crippen LogP contribution in [0.3, 0.4) is 0 Å². The van der Waals surface area contributed by atoms with Crippen molar-refractivity contribution < 1.29 is 9.15 Å². The summed E-state index contributed by atoms with van der Waals surface area (Å²) >= 11 is 0. The topological polar surface area (TPSA) is 73.1 Å². The lowest BCUT2D eigenvalue weighted by Gasteiger charge is -2.05. The first-order chi connectivity index (χ1) is 12.3. The van der Waals surface area contributed by atoms with Gasteiger partial charge in [-0.2, -0.15) is 0 Å². The van der Waals surface area contributed by atoms with Crippen LogP contribution in [0.5, 0.6) is 0 Å². The van der Waals surface area contributed by atoms with Crippen molar-refractivity contribution in [1.82, 2.24) is 15.2 Å². The molecule has 0 unspecified atom stereocenters. The van der Waals surface area contributed by atoms with Gasteiger partial charge < -0.3 is 14.5 Å². The molecule has 0 bridgehead atoms. The quantitative estimate of drug-likeness (QED) is 0.627. The fourth-order valence-corrected chi connectivity index (χ4v) is 2.31. The monoisotopic (exact) mass is 338 g/mol. The zero-order valence-electron chi connectivity index (χ0n) is 14.5. The van der Waals surface area contributed by atoms with Gasteiger partial charge in [0.2, 0.25) is 11.8 Å². The first kappa shape index (κ1) is 17.1. The van der Waals surface area contributed by atoms with Crippen molar-refractivity contribution in [3.63, 3.8) is 0 Å². The summed E-state index contributed by atoms with van der Waals surface area (Å²) in [4.78, 5) is 4.39. The number of rotatable bonds is 8. The van der Waals surface area contributed by atoms with Gasteiger partial charge in [0.25, 0.3) is 0 Å². The predicted octanol–water partition coefficient (Wildman–Crippen LogP) is 3.95. The zero-order valence-corrected chi connectivity index (χ0v) is 14.5. The fourth-order valence-electron chi connectivity index (χ4n) is 2.31. The highest BCUT2D eigenvalue weighted by atomic mass is 16.5. The van der Waals surface area contributed by atoms with Crippen LogP contribution in [-0.4, -0.2) is 34.9 Å². The maximum Gasteiger partial charge on any atom is 0.249 e. The van der Waals surface area contributed by atoms with Gasteiger partial charge in [0, 0.05) is 31.5 Å². The van der Waals surface area contributed by atoms with E-state index in [0.29, 0.717) is 11.8 Å². The normalized spacial score (nSPS) is 10.8. The molecule has 3 aromatic rings. The Morgan fingerprint density at radius 2 is 1.72 bits per heavy atom. The summed E-state index contributed by atoms with van der Waals surface area (Å²) in [5, 5.41) is 11.5. The van der Waals surface area contributed by atoms with Crippen LogP contribution in [0.15, 0.2) is 47.0 Å². The molecule has 0 saturated heterocycles. The van der Waals surface area contributed by atoms with Gasteiger partial charge in [-0.3, -0.25) is 0 Å². The molecular formula is C19H22N4O2. The molecule has 0 saturated carbocycles. The van der Waals surface area contributed by atoms with E-state index >= 15 is 0 Å². The first-order valence-electron chi connectivity index (χ1n) is 8.45. The van der Waals surface area contributed by atoms with E-state index in [2.05, 4.69) is 20.5 Å². The molecule has 25 heavy (non-hydrogen) atoms. The van der Waals surface area contributed by atoms with Gasteiger partial charge in [-0.15, -0.1) is 10.2 Å². The number of aromatic nitrogens is 3. The second-order valence-corrected chi connectivity index (χ2v) is 5.69. The van der Waals surface area contributed by atoms with Crippen LogP contribution in [0.4, 0.5) is 5.82 Å². The molecular weight excluding hydrogens is 316 g/mol. The molecule has 0 spiro atoms. The molecule has 6 heteroatoms. The fraction of sp³-hybridized carbons (Fsp3) is 0.316. The third-order valence-electron chi connectivity index (χ3n) is 3.71. The smallest absolute Gasteiger partial charge is 0.249 e. The van der Waals surface area contributed by atoms with E-state index in [0.717, 1.165) is 43.1 Å². The molecule has 1 aromatic carbocycles. The molecule has 0 radical (unpaired) electrons. The summed E-state index contributed by atoms with van der Waals surface area (Å²) in [5.74, 6) is 1.79. The Bertz CT molecular complexity index is 782. The number of hydrogen-bond donors (Lipinski definition) is 1. The van der Waals surface area contributed by atoms with Crippen LogP contribution in [0.2, 0.25) is 0 Å². The zero-order chi connectivity index (χ0) is 17.5. The van der Waals surface area contributed by atoms with E-state index in [1.807, 2.05) is 50.2 Å². The van der Waals surface area contributed by atoms with Crippen molar-refractivity contribution in [2.24, 2.45) is 0 Å². The number of aryl methyl sites for hydroxylation is 1. The molecule has 130 valence electrons. The van der Waals surface area contributed by atoms with Gasteiger partial charge >= 0.3 is 0 Å². The van der Waals surface area contributed by atoms with Crippen LogP contribution in [0, 0.1) is 6.92 Å². The summed E-state index contributed by atoms with van der Waals surface area (Å²) in [6.07, 6.45) is 2.68. The Labute approximate surface area is 147 Å². The van der Waals surface area contributed by atoms with Crippen LogP contribution in [-0.2, 0) is 4.74 Å². The number of nitrogens with zero attached hydrogens (tertiary/aromatic N) is 3. The molecule has 2 aromatic heterocycles. The van der Waals surface area contributed by atoms with Crippen molar-refractivity contribution >= 4 is 5.82 Å². The van der Waals surface area contributed by atoms with Crippen LogP contribution in [0.25, 0.3) is 22.9 Å². The maximum atomic E-state index is 5.76. The third kappa shape index (κ3) is 4.64. The average molecular weight is 338 g/mol. The van der Waals surface area contributed by atoms with Gasteiger partial charge in [0.05, 0.1) is 5.56 Å². The van der Waals surface area contributed by atoms with Crippen molar-refractivity contribution in [2.45, 2.75) is 20.3 Å². The number of hydrogen-bond acceptors (Lipinski definition) is 6. The van der Waals surface area contributed by atoms with E-state index in [-0.39, 0.29) is 0 Å². The number of nitrogens with one attached hydrogen (secondary N) is 1. The Kier molecular flexibility index (Phi) is 5.74. The van der Waals surface area contributed by atoms with Gasteiger partial charge in [0.15, 0.2) is 0 Å². The number of ether oxygens (including phenoxy) is 1. The second kappa shape index (κ2) is 8.39. The van der Waals surface area contributed by atoms with E-state index < -0.39 is 0 Å². The standard InChI is InChI=1S/C19H22N4O2/c1-3-24-12-4-11-20-17-10-9-16(13-21-17)19-23-22-18(25-19)15-7-5-14(2)6-8-15/h5-10,13H,3-4,11-12H2,1-2H3,(H,20,21). The number of benzene rings is 1. The molecule has 0 aliphatic heterocycles. The highest BCUT2D eigenvalue weighted by Crippen LogP contribution is 2.24. The lowest BCUT2D eigenvalue weighted by Crippen LogP contribution is -2.06. The molecule has 0 aliphatic carbocycles. The molecule has 6 nitrogen and oxygen atoms in total. The summed E-state index contributed by atoms with van der Waals surface area (Å²) in [6.45, 7) is 6.37. The van der Waals surface area contributed by atoms with Crippen LogP contribution < -0.4 is 5.32 Å². The minimum absolute atomic E-state index is 0.464. The van der Waals surface area contributed by atoms with Crippen molar-refractivity contribution in [3.05, 3.63) is 48.2 Å². The summed E-state index contributed by atoms with van der Waals surface area (Å²) in [5.41, 5.74) is 2.90. The van der Waals surface area contributed by atoms with Crippen molar-refractivity contribution in [2.75, 3.05) is 25.1 Å². The number of pyridine rings is 1. The van der Waals surface area contributed by atoms with E-state index in [4.69, 9.17) is 9.15 Å². The average Bonchev–Trinajstić information content (AvgIpc) is 3.13. The highest BCUT2D eigenvalue weighted by Gasteiger charge is 2.10.